The number of ether oxygens (including phenoxy) is 1. The molecule has 4 aromatic rings. The summed E-state index contributed by atoms with van der Waals surface area (Å²) in [6, 6.07) is 25.1. The molecule has 1 amide bonds. The van der Waals surface area contributed by atoms with E-state index in [-0.39, 0.29) is 5.91 Å². The minimum absolute atomic E-state index is 0.155. The van der Waals surface area contributed by atoms with Crippen LogP contribution in [0.3, 0.4) is 0 Å². The number of para-hydroxylation sites is 3. The van der Waals surface area contributed by atoms with Crippen molar-refractivity contribution in [1.29, 1.82) is 0 Å². The smallest absolute Gasteiger partial charge is 0.274 e. The number of nitrogens with zero attached hydrogens (tertiary/aromatic N) is 2. The molecule has 28 heavy (non-hydrogen) atoms. The van der Waals surface area contributed by atoms with Gasteiger partial charge in [0.1, 0.15) is 5.75 Å². The number of carbonyl (C=O) groups is 1. The maximum atomic E-state index is 13.4. The fourth-order valence-electron chi connectivity index (χ4n) is 3.02. The number of aromatic nitrogens is 1. The van der Waals surface area contributed by atoms with Crippen molar-refractivity contribution < 1.29 is 9.53 Å². The minimum atomic E-state index is -0.658. The number of anilines is 2. The van der Waals surface area contributed by atoms with Crippen molar-refractivity contribution >= 4 is 38.3 Å². The molecule has 0 N–H and O–H groups in total. The highest BCUT2D eigenvalue weighted by atomic mass is 32.1. The van der Waals surface area contributed by atoms with Gasteiger partial charge in [-0.05, 0) is 49.7 Å². The Morgan fingerprint density at radius 2 is 1.64 bits per heavy atom. The van der Waals surface area contributed by atoms with Crippen LogP contribution in [0, 0.1) is 6.92 Å². The van der Waals surface area contributed by atoms with Crippen LogP contribution in [-0.2, 0) is 4.79 Å². The first kappa shape index (κ1) is 18.2. The van der Waals surface area contributed by atoms with Crippen LogP contribution in [0.2, 0.25) is 0 Å². The monoisotopic (exact) mass is 388 g/mol. The van der Waals surface area contributed by atoms with Gasteiger partial charge < -0.3 is 4.74 Å². The molecular formula is C23H20N2O2S. The summed E-state index contributed by atoms with van der Waals surface area (Å²) in [4.78, 5) is 19.8. The average molecular weight is 388 g/mol. The molecule has 0 radical (unpaired) electrons. The molecule has 4 rings (SSSR count). The summed E-state index contributed by atoms with van der Waals surface area (Å²) in [5, 5.41) is 0.643. The van der Waals surface area contributed by atoms with Gasteiger partial charge in [0.25, 0.3) is 5.91 Å². The van der Waals surface area contributed by atoms with Gasteiger partial charge in [-0.3, -0.25) is 9.69 Å². The predicted octanol–water partition coefficient (Wildman–Crippen LogP) is 5.74. The Labute approximate surface area is 168 Å². The van der Waals surface area contributed by atoms with E-state index >= 15 is 0 Å². The van der Waals surface area contributed by atoms with Gasteiger partial charge >= 0.3 is 0 Å². The SMILES string of the molecule is Cc1ccccc1N(C(=O)C(C)Oc1ccccc1)c1nc2ccccc2s1. The first-order chi connectivity index (χ1) is 13.6. The molecule has 0 aliphatic rings. The lowest BCUT2D eigenvalue weighted by Gasteiger charge is -2.25. The molecule has 1 unspecified atom stereocenters. The van der Waals surface area contributed by atoms with Gasteiger partial charge in [0.15, 0.2) is 11.2 Å². The summed E-state index contributed by atoms with van der Waals surface area (Å²) in [6.45, 7) is 3.76. The first-order valence-electron chi connectivity index (χ1n) is 9.10. The molecule has 0 spiro atoms. The van der Waals surface area contributed by atoms with E-state index in [4.69, 9.17) is 9.72 Å². The van der Waals surface area contributed by atoms with Gasteiger partial charge in [-0.2, -0.15) is 0 Å². The number of hydrogen-bond donors (Lipinski definition) is 0. The molecule has 3 aromatic carbocycles. The van der Waals surface area contributed by atoms with E-state index in [1.54, 1.807) is 11.8 Å². The second-order valence-corrected chi connectivity index (χ2v) is 7.51. The number of aryl methyl sites for hydroxylation is 1. The number of rotatable bonds is 5. The molecule has 140 valence electrons. The first-order valence-corrected chi connectivity index (χ1v) is 9.92. The average Bonchev–Trinajstić information content (AvgIpc) is 3.14. The van der Waals surface area contributed by atoms with E-state index < -0.39 is 6.10 Å². The largest absolute Gasteiger partial charge is 0.481 e. The summed E-state index contributed by atoms with van der Waals surface area (Å²) in [7, 11) is 0. The molecule has 0 saturated carbocycles. The molecule has 0 bridgehead atoms. The van der Waals surface area contributed by atoms with Gasteiger partial charge in [0.2, 0.25) is 0 Å². The third-order valence-corrected chi connectivity index (χ3v) is 5.48. The number of hydrogen-bond acceptors (Lipinski definition) is 4. The fourth-order valence-corrected chi connectivity index (χ4v) is 4.01. The molecule has 4 nitrogen and oxygen atoms in total. The zero-order valence-electron chi connectivity index (χ0n) is 15.7. The number of fused-ring (bicyclic) bond motifs is 1. The number of carbonyl (C=O) groups excluding carboxylic acids is 1. The maximum Gasteiger partial charge on any atom is 0.274 e. The van der Waals surface area contributed by atoms with Crippen molar-refractivity contribution in [2.45, 2.75) is 20.0 Å². The van der Waals surface area contributed by atoms with Gasteiger partial charge in [0, 0.05) is 0 Å². The van der Waals surface area contributed by atoms with Gasteiger partial charge in [-0.1, -0.05) is 59.9 Å². The standard InChI is InChI=1S/C23H20N2O2S/c1-16-10-6-8-14-20(16)25(23-24-19-13-7-9-15-21(19)28-23)22(26)17(2)27-18-11-4-3-5-12-18/h3-15,17H,1-2H3. The van der Waals surface area contributed by atoms with Crippen molar-refractivity contribution in [3.05, 3.63) is 84.4 Å². The highest BCUT2D eigenvalue weighted by molar-refractivity contribution is 7.22. The van der Waals surface area contributed by atoms with Crippen molar-refractivity contribution in [3.8, 4) is 5.75 Å². The summed E-state index contributed by atoms with van der Waals surface area (Å²) in [5.41, 5.74) is 2.70. The Balaban J connectivity index is 1.74. The van der Waals surface area contributed by atoms with Crippen LogP contribution in [0.1, 0.15) is 12.5 Å². The van der Waals surface area contributed by atoms with Crippen LogP contribution in [0.25, 0.3) is 10.2 Å². The summed E-state index contributed by atoms with van der Waals surface area (Å²) in [6.07, 6.45) is -0.658. The third kappa shape index (κ3) is 3.62. The molecule has 1 heterocycles. The topological polar surface area (TPSA) is 42.4 Å². The van der Waals surface area contributed by atoms with Crippen LogP contribution in [0.5, 0.6) is 5.75 Å². The highest BCUT2D eigenvalue weighted by Crippen LogP contribution is 2.35. The normalized spacial score (nSPS) is 11.9. The van der Waals surface area contributed by atoms with Gasteiger partial charge in [-0.15, -0.1) is 0 Å². The van der Waals surface area contributed by atoms with Crippen molar-refractivity contribution in [2.75, 3.05) is 4.90 Å². The number of thiazole rings is 1. The van der Waals surface area contributed by atoms with E-state index in [0.29, 0.717) is 10.9 Å². The molecule has 1 atom stereocenters. The van der Waals surface area contributed by atoms with Crippen LogP contribution in [-0.4, -0.2) is 17.0 Å². The van der Waals surface area contributed by atoms with Crippen molar-refractivity contribution in [3.63, 3.8) is 0 Å². The Bertz CT molecular complexity index is 1070. The zero-order valence-corrected chi connectivity index (χ0v) is 16.5. The summed E-state index contributed by atoms with van der Waals surface area (Å²) < 4.78 is 6.94. The molecular weight excluding hydrogens is 368 g/mol. The molecule has 5 heteroatoms. The number of benzene rings is 3. The van der Waals surface area contributed by atoms with Crippen LogP contribution < -0.4 is 9.64 Å². The van der Waals surface area contributed by atoms with Crippen molar-refractivity contribution in [2.24, 2.45) is 0 Å². The predicted molar refractivity (Wildman–Crippen MR) is 114 cm³/mol. The number of amides is 1. The lowest BCUT2D eigenvalue weighted by molar-refractivity contribution is -0.123. The Hall–Kier alpha value is -3.18. The van der Waals surface area contributed by atoms with E-state index in [1.807, 2.05) is 85.8 Å². The van der Waals surface area contributed by atoms with Crippen LogP contribution in [0.4, 0.5) is 10.8 Å². The van der Waals surface area contributed by atoms with Gasteiger partial charge in [0.05, 0.1) is 15.9 Å². The molecule has 1 aromatic heterocycles. The van der Waals surface area contributed by atoms with Crippen molar-refractivity contribution in [1.82, 2.24) is 4.98 Å². The second kappa shape index (κ2) is 7.82. The molecule has 0 aliphatic heterocycles. The lowest BCUT2D eigenvalue weighted by Crippen LogP contribution is -2.38. The summed E-state index contributed by atoms with van der Waals surface area (Å²) >= 11 is 1.50. The van der Waals surface area contributed by atoms with Gasteiger partial charge in [-0.25, -0.2) is 4.98 Å². The van der Waals surface area contributed by atoms with Crippen LogP contribution in [0.15, 0.2) is 78.9 Å². The Kier molecular flexibility index (Phi) is 5.08. The molecule has 0 saturated heterocycles. The van der Waals surface area contributed by atoms with E-state index in [2.05, 4.69) is 0 Å². The molecule has 0 aliphatic carbocycles. The quantitative estimate of drug-likeness (QED) is 0.438. The summed E-state index contributed by atoms with van der Waals surface area (Å²) in [5.74, 6) is 0.509. The van der Waals surface area contributed by atoms with E-state index in [9.17, 15) is 4.79 Å². The Morgan fingerprint density at radius 1 is 0.964 bits per heavy atom. The fraction of sp³-hybridized carbons (Fsp3) is 0.130. The Morgan fingerprint density at radius 3 is 2.39 bits per heavy atom. The highest BCUT2D eigenvalue weighted by Gasteiger charge is 2.28. The second-order valence-electron chi connectivity index (χ2n) is 6.50. The third-order valence-electron chi connectivity index (χ3n) is 4.45. The maximum absolute atomic E-state index is 13.4. The zero-order chi connectivity index (χ0) is 19.5. The minimum Gasteiger partial charge on any atom is -0.481 e. The molecule has 0 fully saturated rings. The van der Waals surface area contributed by atoms with E-state index in [1.165, 1.54) is 11.3 Å². The lowest BCUT2D eigenvalue weighted by atomic mass is 10.1. The van der Waals surface area contributed by atoms with E-state index in [0.717, 1.165) is 21.5 Å². The van der Waals surface area contributed by atoms with Crippen LogP contribution >= 0.6 is 11.3 Å².